The van der Waals surface area contributed by atoms with E-state index < -0.39 is 23.5 Å². The summed E-state index contributed by atoms with van der Waals surface area (Å²) >= 11 is 1.10. The number of anilines is 1. The molecule has 214 valence electrons. The number of aromatic nitrogens is 1. The first kappa shape index (κ1) is 26.9. The van der Waals surface area contributed by atoms with Gasteiger partial charge in [0.05, 0.1) is 21.8 Å². The topological polar surface area (TPSA) is 89.0 Å². The first-order valence-corrected chi connectivity index (χ1v) is 14.6. The molecule has 4 aromatic carbocycles. The number of nitrogens with zero attached hydrogens (tertiary/aromatic N) is 2. The van der Waals surface area contributed by atoms with Crippen LogP contribution >= 0.6 is 11.3 Å². The zero-order valence-corrected chi connectivity index (χ0v) is 23.8. The maximum absolute atomic E-state index is 14.0. The lowest BCUT2D eigenvalue weighted by atomic mass is 9.94. The van der Waals surface area contributed by atoms with Gasteiger partial charge in [0.2, 0.25) is 0 Å². The summed E-state index contributed by atoms with van der Waals surface area (Å²) in [7, 11) is 0. The predicted molar refractivity (Wildman–Crippen MR) is 162 cm³/mol. The molecular weight excluding hydrogens is 567 g/mol. The number of thiazole rings is 1. The molecule has 0 radical (unpaired) electrons. The highest BCUT2D eigenvalue weighted by atomic mass is 32.1. The molecule has 5 aromatic rings. The molecule has 0 unspecified atom stereocenters. The lowest BCUT2D eigenvalue weighted by Gasteiger charge is -2.23. The molecule has 0 saturated carbocycles. The van der Waals surface area contributed by atoms with Crippen LogP contribution in [0.25, 0.3) is 16.0 Å². The Balaban J connectivity index is 1.31. The van der Waals surface area contributed by atoms with Gasteiger partial charge in [-0.2, -0.15) is 0 Å². The maximum Gasteiger partial charge on any atom is 0.301 e. The molecule has 7 nitrogen and oxygen atoms in total. The normalized spacial score (nSPS) is 19.1. The van der Waals surface area contributed by atoms with E-state index in [0.717, 1.165) is 28.2 Å². The van der Waals surface area contributed by atoms with Gasteiger partial charge in [-0.05, 0) is 72.1 Å². The molecule has 1 amide bonds. The number of halogens is 1. The molecule has 0 aliphatic carbocycles. The van der Waals surface area contributed by atoms with E-state index >= 15 is 0 Å². The smallest absolute Gasteiger partial charge is 0.301 e. The Bertz CT molecular complexity index is 1920. The van der Waals surface area contributed by atoms with Crippen molar-refractivity contribution in [3.8, 4) is 11.5 Å². The Hall–Kier alpha value is -5.02. The molecule has 0 spiro atoms. The van der Waals surface area contributed by atoms with Crippen LogP contribution in [-0.4, -0.2) is 27.9 Å². The summed E-state index contributed by atoms with van der Waals surface area (Å²) in [5.74, 6) is -1.04. The second kappa shape index (κ2) is 10.7. The number of rotatable bonds is 6. The number of carbonyl (C=O) groups excluding carboxylic acids is 2. The quantitative estimate of drug-likeness (QED) is 0.130. The third-order valence-corrected chi connectivity index (χ3v) is 8.62. The van der Waals surface area contributed by atoms with Gasteiger partial charge in [0.15, 0.2) is 5.13 Å². The van der Waals surface area contributed by atoms with Crippen LogP contribution in [0.3, 0.4) is 0 Å². The Kier molecular flexibility index (Phi) is 6.66. The van der Waals surface area contributed by atoms with Gasteiger partial charge in [-0.3, -0.25) is 14.5 Å². The van der Waals surface area contributed by atoms with Crippen LogP contribution in [0.2, 0.25) is 0 Å². The highest BCUT2D eigenvalue weighted by molar-refractivity contribution is 7.22. The zero-order chi connectivity index (χ0) is 29.7. The average Bonchev–Trinajstić information content (AvgIpc) is 3.68. The number of hydrogen-bond donors (Lipinski definition) is 1. The van der Waals surface area contributed by atoms with Crippen molar-refractivity contribution in [2.24, 2.45) is 0 Å². The molecule has 2 aliphatic heterocycles. The summed E-state index contributed by atoms with van der Waals surface area (Å²) in [5.41, 5.74) is 3.36. The molecule has 1 fully saturated rings. The molecule has 1 saturated heterocycles. The molecular formula is C34H25FN2O5S. The largest absolute Gasteiger partial charge is 0.507 e. The fourth-order valence-electron chi connectivity index (χ4n) is 5.55. The molecule has 9 heteroatoms. The number of ketones is 1. The monoisotopic (exact) mass is 592 g/mol. The molecule has 2 atom stereocenters. The molecule has 3 heterocycles. The second-order valence-corrected chi connectivity index (χ2v) is 11.6. The van der Waals surface area contributed by atoms with Gasteiger partial charge in [0.25, 0.3) is 5.78 Å². The molecule has 2 aliphatic rings. The minimum Gasteiger partial charge on any atom is -0.507 e. The van der Waals surface area contributed by atoms with Crippen LogP contribution in [0.5, 0.6) is 11.5 Å². The van der Waals surface area contributed by atoms with Crippen LogP contribution in [0.1, 0.15) is 35.2 Å². The first-order valence-electron chi connectivity index (χ1n) is 13.8. The van der Waals surface area contributed by atoms with Crippen LogP contribution in [-0.2, 0) is 22.6 Å². The van der Waals surface area contributed by atoms with E-state index in [9.17, 15) is 19.1 Å². The molecule has 1 aromatic heterocycles. The van der Waals surface area contributed by atoms with Gasteiger partial charge in [0.1, 0.15) is 35.8 Å². The van der Waals surface area contributed by atoms with Crippen LogP contribution in [0.15, 0.2) is 96.6 Å². The number of amides is 1. The summed E-state index contributed by atoms with van der Waals surface area (Å²) < 4.78 is 26.2. The summed E-state index contributed by atoms with van der Waals surface area (Å²) in [6.45, 7) is 2.34. The van der Waals surface area contributed by atoms with Gasteiger partial charge < -0.3 is 14.6 Å². The van der Waals surface area contributed by atoms with E-state index in [1.54, 1.807) is 42.5 Å². The minimum absolute atomic E-state index is 0.00414. The van der Waals surface area contributed by atoms with E-state index in [4.69, 9.17) is 9.47 Å². The van der Waals surface area contributed by atoms with Gasteiger partial charge in [0, 0.05) is 12.0 Å². The zero-order valence-electron chi connectivity index (χ0n) is 23.0. The van der Waals surface area contributed by atoms with Crippen molar-refractivity contribution < 1.29 is 28.6 Å². The number of benzene rings is 4. The van der Waals surface area contributed by atoms with Gasteiger partial charge >= 0.3 is 5.91 Å². The number of aliphatic hydroxyl groups excluding tert-OH is 1. The fourth-order valence-corrected chi connectivity index (χ4v) is 6.56. The van der Waals surface area contributed by atoms with Gasteiger partial charge in [-0.1, -0.05) is 53.8 Å². The van der Waals surface area contributed by atoms with E-state index in [1.807, 2.05) is 37.3 Å². The summed E-state index contributed by atoms with van der Waals surface area (Å²) in [4.78, 5) is 33.1. The SMILES string of the molecule is C[C@H]1Cc2cc(C(O)=C3C(=O)C(=O)N(c4nc5ccc(F)cc5s4)[C@H]3c3ccc(OCc4ccccc4)cc3)ccc2O1. The Morgan fingerprint density at radius 3 is 2.63 bits per heavy atom. The van der Waals surface area contributed by atoms with E-state index in [1.165, 1.54) is 23.1 Å². The van der Waals surface area contributed by atoms with Crippen LogP contribution in [0.4, 0.5) is 9.52 Å². The molecule has 43 heavy (non-hydrogen) atoms. The van der Waals surface area contributed by atoms with Crippen LogP contribution < -0.4 is 14.4 Å². The van der Waals surface area contributed by atoms with E-state index in [2.05, 4.69) is 4.98 Å². The van der Waals surface area contributed by atoms with Crippen molar-refractivity contribution in [2.75, 3.05) is 4.90 Å². The third-order valence-electron chi connectivity index (χ3n) is 7.60. The molecule has 1 N–H and O–H groups in total. The van der Waals surface area contributed by atoms with Crippen molar-refractivity contribution >= 4 is 44.1 Å². The highest BCUT2D eigenvalue weighted by Crippen LogP contribution is 2.45. The number of hydrogen-bond acceptors (Lipinski definition) is 7. The van der Waals surface area contributed by atoms with Crippen molar-refractivity contribution in [3.63, 3.8) is 0 Å². The Morgan fingerprint density at radius 1 is 1.05 bits per heavy atom. The van der Waals surface area contributed by atoms with Crippen molar-refractivity contribution in [1.29, 1.82) is 0 Å². The average molecular weight is 593 g/mol. The van der Waals surface area contributed by atoms with E-state index in [0.29, 0.717) is 40.1 Å². The van der Waals surface area contributed by atoms with Gasteiger partial charge in [-0.25, -0.2) is 9.37 Å². The maximum atomic E-state index is 14.0. The number of Topliss-reactive ketones (excluding diaryl/α,β-unsaturated/α-hetero) is 1. The lowest BCUT2D eigenvalue weighted by molar-refractivity contribution is -0.132. The highest BCUT2D eigenvalue weighted by Gasteiger charge is 2.48. The second-order valence-electron chi connectivity index (χ2n) is 10.6. The predicted octanol–water partition coefficient (Wildman–Crippen LogP) is 6.96. The Labute approximate surface area is 250 Å². The number of fused-ring (bicyclic) bond motifs is 2. The number of ether oxygens (including phenoxy) is 2. The van der Waals surface area contributed by atoms with Crippen molar-refractivity contribution in [3.05, 3.63) is 125 Å². The fraction of sp³-hybridized carbons (Fsp3) is 0.147. The lowest BCUT2D eigenvalue weighted by Crippen LogP contribution is -2.29. The number of aliphatic hydroxyl groups is 1. The summed E-state index contributed by atoms with van der Waals surface area (Å²) in [5, 5.41) is 11.8. The minimum atomic E-state index is -0.975. The molecule has 0 bridgehead atoms. The Morgan fingerprint density at radius 2 is 1.84 bits per heavy atom. The van der Waals surface area contributed by atoms with Gasteiger partial charge in [-0.15, -0.1) is 0 Å². The van der Waals surface area contributed by atoms with Crippen molar-refractivity contribution in [1.82, 2.24) is 4.98 Å². The molecule has 7 rings (SSSR count). The van der Waals surface area contributed by atoms with Crippen LogP contribution in [0, 0.1) is 5.82 Å². The first-order chi connectivity index (χ1) is 20.9. The van der Waals surface area contributed by atoms with Crippen molar-refractivity contribution in [2.45, 2.75) is 32.1 Å². The summed E-state index contributed by atoms with van der Waals surface area (Å²) in [6, 6.07) is 25.2. The number of carbonyl (C=O) groups is 2. The standard InChI is InChI=1S/C34H25FN2O5S/c1-19-15-23-16-22(9-14-27(23)42-19)31(38)29-30(21-7-11-25(12-8-21)41-18-20-5-3-2-4-6-20)37(33(40)32(29)39)34-36-26-13-10-24(35)17-28(26)43-34/h2-14,16-17,19,30,38H,15,18H2,1H3/t19-,30-/m0/s1. The third kappa shape index (κ3) is 4.91. The van der Waals surface area contributed by atoms with E-state index in [-0.39, 0.29) is 22.6 Å². The summed E-state index contributed by atoms with van der Waals surface area (Å²) in [6.07, 6.45) is 0.672.